The molecule has 94 valence electrons. The molecule has 2 aromatic rings. The summed E-state index contributed by atoms with van der Waals surface area (Å²) in [6, 6.07) is 1.57. The number of aromatic nitrogens is 3. The zero-order valence-corrected chi connectivity index (χ0v) is 10.6. The van der Waals surface area contributed by atoms with E-state index in [1.807, 2.05) is 0 Å². The lowest BCUT2D eigenvalue weighted by atomic mass is 10.3. The normalized spacial score (nSPS) is 10.6. The number of H-pyrrole nitrogens is 1. The van der Waals surface area contributed by atoms with Crippen molar-refractivity contribution in [3.05, 3.63) is 22.6 Å². The average Bonchev–Trinajstić information content (AvgIpc) is 2.29. The van der Waals surface area contributed by atoms with Crippen molar-refractivity contribution in [3.63, 3.8) is 0 Å². The Hall–Kier alpha value is -2.09. The fourth-order valence-corrected chi connectivity index (χ4v) is 1.93. The summed E-state index contributed by atoms with van der Waals surface area (Å²) >= 11 is 0.992. The number of hydrogen-bond acceptors (Lipinski definition) is 6. The lowest BCUT2D eigenvalue weighted by Gasteiger charge is -2.08. The van der Waals surface area contributed by atoms with E-state index in [9.17, 15) is 9.59 Å². The van der Waals surface area contributed by atoms with Gasteiger partial charge in [-0.15, -0.1) is 0 Å². The van der Waals surface area contributed by atoms with E-state index in [0.717, 1.165) is 11.8 Å². The second kappa shape index (κ2) is 4.65. The van der Waals surface area contributed by atoms with Gasteiger partial charge in [-0.25, -0.2) is 4.98 Å². The highest BCUT2D eigenvalue weighted by molar-refractivity contribution is 8.13. The Morgan fingerprint density at radius 2 is 2.22 bits per heavy atom. The van der Waals surface area contributed by atoms with Crippen molar-refractivity contribution in [2.24, 2.45) is 0 Å². The van der Waals surface area contributed by atoms with Crippen LogP contribution in [-0.2, 0) is 0 Å². The maximum Gasteiger partial charge on any atom is 0.285 e. The Labute approximate surface area is 106 Å². The second-order valence-electron chi connectivity index (χ2n) is 3.76. The Kier molecular flexibility index (Phi) is 3.19. The maximum atomic E-state index is 11.7. The van der Waals surface area contributed by atoms with Crippen LogP contribution in [0.25, 0.3) is 11.0 Å². The minimum absolute atomic E-state index is 0.0183. The molecule has 0 atom stereocenters. The number of nitrogens with two attached hydrogens (primary N) is 1. The minimum Gasteiger partial charge on any atom is -0.369 e. The molecule has 3 N–H and O–H groups in total. The van der Waals surface area contributed by atoms with Gasteiger partial charge in [0.25, 0.3) is 10.8 Å². The van der Waals surface area contributed by atoms with Gasteiger partial charge in [0.15, 0.2) is 5.65 Å². The Balaban J connectivity index is 2.45. The molecule has 7 nitrogen and oxygen atoms in total. The summed E-state index contributed by atoms with van der Waals surface area (Å²) in [5, 5.41) is 0.164. The van der Waals surface area contributed by atoms with Gasteiger partial charge in [-0.3, -0.25) is 14.6 Å². The number of anilines is 1. The molecule has 0 radical (unpaired) electrons. The topological polar surface area (TPSA) is 105 Å². The molecule has 0 fully saturated rings. The number of aromatic amines is 1. The van der Waals surface area contributed by atoms with Gasteiger partial charge in [0.1, 0.15) is 0 Å². The van der Waals surface area contributed by atoms with Crippen LogP contribution in [0.5, 0.6) is 0 Å². The number of carbonyl (C=O) groups is 1. The zero-order valence-electron chi connectivity index (χ0n) is 9.80. The number of nitrogen functional groups attached to an aromatic ring is 1. The molecule has 0 spiro atoms. The van der Waals surface area contributed by atoms with Crippen LogP contribution in [0.2, 0.25) is 0 Å². The van der Waals surface area contributed by atoms with E-state index < -0.39 is 0 Å². The van der Waals surface area contributed by atoms with Gasteiger partial charge >= 0.3 is 0 Å². The fourth-order valence-electron chi connectivity index (χ4n) is 1.27. The van der Waals surface area contributed by atoms with Crippen LogP contribution < -0.4 is 11.3 Å². The predicted octanol–water partition coefficient (Wildman–Crippen LogP) is 0.674. The monoisotopic (exact) mass is 265 g/mol. The Bertz CT molecular complexity index is 667. The number of fused-ring (bicyclic) bond motifs is 1. The summed E-state index contributed by atoms with van der Waals surface area (Å²) in [7, 11) is 3.30. The van der Waals surface area contributed by atoms with E-state index in [4.69, 9.17) is 5.73 Å². The van der Waals surface area contributed by atoms with E-state index in [0.29, 0.717) is 10.3 Å². The number of amides is 1. The summed E-state index contributed by atoms with van der Waals surface area (Å²) in [5.74, 6) is 0.0183. The molecule has 8 heteroatoms. The van der Waals surface area contributed by atoms with Crippen LogP contribution in [0.4, 0.5) is 10.7 Å². The number of thioether (sulfide) groups is 1. The first-order chi connectivity index (χ1) is 8.47. The van der Waals surface area contributed by atoms with Crippen molar-refractivity contribution < 1.29 is 4.79 Å². The van der Waals surface area contributed by atoms with Gasteiger partial charge in [-0.2, -0.15) is 4.98 Å². The molecule has 2 aromatic heterocycles. The zero-order chi connectivity index (χ0) is 13.3. The highest BCUT2D eigenvalue weighted by atomic mass is 32.2. The summed E-state index contributed by atoms with van der Waals surface area (Å²) in [4.78, 5) is 35.5. The molecular formula is C10H11N5O2S. The lowest BCUT2D eigenvalue weighted by Crippen LogP contribution is -2.16. The maximum absolute atomic E-state index is 11.7. The third-order valence-corrected chi connectivity index (χ3v) is 3.12. The standard InChI is InChI=1S/C10H11N5O2S/c1-15(2)10(17)18-5-3-6-7(12-4-5)13-9(11)14-8(6)16/h3-4H,1-2H3,(H3,11,12,13,14,16). The number of rotatable bonds is 1. The molecule has 0 aromatic carbocycles. The second-order valence-corrected chi connectivity index (χ2v) is 4.78. The van der Waals surface area contributed by atoms with E-state index in [-0.39, 0.29) is 22.4 Å². The van der Waals surface area contributed by atoms with Crippen molar-refractivity contribution in [1.29, 1.82) is 0 Å². The first kappa shape index (κ1) is 12.4. The van der Waals surface area contributed by atoms with Crippen LogP contribution in [0.3, 0.4) is 0 Å². The van der Waals surface area contributed by atoms with Crippen LogP contribution in [0.15, 0.2) is 22.0 Å². The van der Waals surface area contributed by atoms with E-state index in [1.54, 1.807) is 20.2 Å². The molecule has 18 heavy (non-hydrogen) atoms. The molecule has 2 heterocycles. The quantitative estimate of drug-likeness (QED) is 0.734. The third-order valence-electron chi connectivity index (χ3n) is 2.12. The SMILES string of the molecule is CN(C)C(=O)Sc1cnc2nc(N)[nH]c(=O)c2c1. The van der Waals surface area contributed by atoms with Gasteiger partial charge in [0, 0.05) is 25.2 Å². The van der Waals surface area contributed by atoms with Gasteiger partial charge in [-0.05, 0) is 17.8 Å². The predicted molar refractivity (Wildman–Crippen MR) is 69.5 cm³/mol. The van der Waals surface area contributed by atoms with Crippen molar-refractivity contribution in [2.45, 2.75) is 4.90 Å². The minimum atomic E-state index is -0.371. The summed E-state index contributed by atoms with van der Waals surface area (Å²) in [6.07, 6.45) is 1.49. The molecule has 0 saturated carbocycles. The number of hydrogen-bond donors (Lipinski definition) is 2. The summed E-state index contributed by atoms with van der Waals surface area (Å²) in [6.45, 7) is 0. The third kappa shape index (κ3) is 2.43. The molecule has 0 unspecified atom stereocenters. The number of nitrogens with one attached hydrogen (secondary N) is 1. The Morgan fingerprint density at radius 1 is 1.50 bits per heavy atom. The van der Waals surface area contributed by atoms with Gasteiger partial charge < -0.3 is 10.6 Å². The Morgan fingerprint density at radius 3 is 2.89 bits per heavy atom. The molecule has 0 aliphatic rings. The first-order valence-electron chi connectivity index (χ1n) is 5.02. The van der Waals surface area contributed by atoms with Crippen molar-refractivity contribution in [2.75, 3.05) is 19.8 Å². The van der Waals surface area contributed by atoms with Crippen LogP contribution >= 0.6 is 11.8 Å². The van der Waals surface area contributed by atoms with E-state index in [2.05, 4.69) is 15.0 Å². The number of pyridine rings is 1. The molecule has 0 bridgehead atoms. The summed E-state index contributed by atoms with van der Waals surface area (Å²) < 4.78 is 0. The van der Waals surface area contributed by atoms with Gasteiger partial charge in [-0.1, -0.05) is 0 Å². The van der Waals surface area contributed by atoms with Crippen molar-refractivity contribution in [3.8, 4) is 0 Å². The van der Waals surface area contributed by atoms with Crippen molar-refractivity contribution in [1.82, 2.24) is 19.9 Å². The molecule has 0 saturated heterocycles. The highest BCUT2D eigenvalue weighted by Crippen LogP contribution is 2.21. The van der Waals surface area contributed by atoms with Crippen LogP contribution in [-0.4, -0.2) is 39.2 Å². The highest BCUT2D eigenvalue weighted by Gasteiger charge is 2.10. The molecular weight excluding hydrogens is 254 g/mol. The van der Waals surface area contributed by atoms with E-state index in [1.165, 1.54) is 11.1 Å². The van der Waals surface area contributed by atoms with Crippen LogP contribution in [0.1, 0.15) is 0 Å². The number of carbonyl (C=O) groups excluding carboxylic acids is 1. The molecule has 1 amide bonds. The summed E-state index contributed by atoms with van der Waals surface area (Å²) in [5.41, 5.74) is 5.30. The van der Waals surface area contributed by atoms with Crippen molar-refractivity contribution >= 4 is 34.0 Å². The van der Waals surface area contributed by atoms with Gasteiger partial charge in [0.05, 0.1) is 5.39 Å². The van der Waals surface area contributed by atoms with Crippen LogP contribution in [0, 0.1) is 0 Å². The molecule has 0 aliphatic heterocycles. The first-order valence-corrected chi connectivity index (χ1v) is 5.83. The lowest BCUT2D eigenvalue weighted by molar-refractivity contribution is 0.241. The smallest absolute Gasteiger partial charge is 0.285 e. The fraction of sp³-hybridized carbons (Fsp3) is 0.200. The molecule has 0 aliphatic carbocycles. The van der Waals surface area contributed by atoms with Gasteiger partial charge in [0.2, 0.25) is 5.95 Å². The largest absolute Gasteiger partial charge is 0.369 e. The molecule has 2 rings (SSSR count). The van der Waals surface area contributed by atoms with E-state index >= 15 is 0 Å². The number of nitrogens with zero attached hydrogens (tertiary/aromatic N) is 3. The average molecular weight is 265 g/mol.